The molecule has 2 aromatic rings. The molecule has 8 nitrogen and oxygen atoms in total. The lowest BCUT2D eigenvalue weighted by Gasteiger charge is -2.31. The predicted octanol–water partition coefficient (Wildman–Crippen LogP) is 2.21. The Kier molecular flexibility index (Phi) is 6.31. The number of carbonyl (C=O) groups excluding carboxylic acids is 2. The second-order valence-corrected chi connectivity index (χ2v) is 10.8. The molecule has 0 aliphatic carbocycles. The van der Waals surface area contributed by atoms with E-state index in [-0.39, 0.29) is 29.9 Å². The highest BCUT2D eigenvalue weighted by Crippen LogP contribution is 2.35. The van der Waals surface area contributed by atoms with Crippen LogP contribution < -0.4 is 15.0 Å². The van der Waals surface area contributed by atoms with Gasteiger partial charge in [-0.3, -0.25) is 14.5 Å². The average Bonchev–Trinajstić information content (AvgIpc) is 3.28. The molecule has 10 heteroatoms. The van der Waals surface area contributed by atoms with Gasteiger partial charge in [0.25, 0.3) is 5.91 Å². The van der Waals surface area contributed by atoms with Crippen molar-refractivity contribution in [2.75, 3.05) is 31.1 Å². The number of fused-ring (bicyclic) bond motifs is 1. The molecule has 1 fully saturated rings. The maximum Gasteiger partial charge on any atom is 0.265 e. The highest BCUT2D eigenvalue weighted by atomic mass is 32.2. The Balaban J connectivity index is 1.53. The highest BCUT2D eigenvalue weighted by Gasteiger charge is 2.32. The summed E-state index contributed by atoms with van der Waals surface area (Å²) in [4.78, 5) is 27.3. The van der Waals surface area contributed by atoms with Gasteiger partial charge < -0.3 is 10.1 Å². The number of amides is 2. The number of carbonyl (C=O) groups is 2. The van der Waals surface area contributed by atoms with Crippen LogP contribution in [0.1, 0.15) is 24.6 Å². The molecule has 1 N–H and O–H groups in total. The Morgan fingerprint density at radius 1 is 1.26 bits per heavy atom. The van der Waals surface area contributed by atoms with E-state index in [4.69, 9.17) is 4.74 Å². The first-order valence-corrected chi connectivity index (χ1v) is 12.5. The smallest absolute Gasteiger partial charge is 0.265 e. The fourth-order valence-corrected chi connectivity index (χ4v) is 5.82. The monoisotopic (exact) mass is 463 g/mol. The number of thiophene rings is 1. The summed E-state index contributed by atoms with van der Waals surface area (Å²) < 4.78 is 33.2. The molecule has 2 aliphatic rings. The maximum atomic E-state index is 13.1. The van der Waals surface area contributed by atoms with E-state index in [2.05, 4.69) is 12.2 Å². The summed E-state index contributed by atoms with van der Waals surface area (Å²) in [7, 11) is -3.69. The molecule has 2 amide bonds. The largest absolute Gasteiger partial charge is 0.482 e. The second-order valence-electron chi connectivity index (χ2n) is 7.84. The van der Waals surface area contributed by atoms with E-state index in [1.54, 1.807) is 6.07 Å². The van der Waals surface area contributed by atoms with Gasteiger partial charge in [0, 0.05) is 18.0 Å². The minimum atomic E-state index is -3.69. The Morgan fingerprint density at radius 2 is 2.03 bits per heavy atom. The Labute approximate surface area is 185 Å². The highest BCUT2D eigenvalue weighted by molar-refractivity contribution is 7.89. The first-order valence-electron chi connectivity index (χ1n) is 10.2. The molecule has 0 spiro atoms. The third-order valence-electron chi connectivity index (χ3n) is 5.60. The maximum absolute atomic E-state index is 13.1. The van der Waals surface area contributed by atoms with E-state index in [0.717, 1.165) is 17.7 Å². The van der Waals surface area contributed by atoms with Gasteiger partial charge in [-0.1, -0.05) is 13.0 Å². The molecule has 0 atom stereocenters. The lowest BCUT2D eigenvalue weighted by molar-refractivity contribution is -0.125. The van der Waals surface area contributed by atoms with Crippen LogP contribution in [0.2, 0.25) is 0 Å². The lowest BCUT2D eigenvalue weighted by atomic mass is 10.0. The van der Waals surface area contributed by atoms with Crippen molar-refractivity contribution in [3.8, 4) is 5.75 Å². The molecule has 1 aromatic heterocycles. The number of sulfonamides is 1. The van der Waals surface area contributed by atoms with Gasteiger partial charge in [0.2, 0.25) is 15.9 Å². The van der Waals surface area contributed by atoms with Crippen molar-refractivity contribution in [2.45, 2.75) is 31.2 Å². The number of nitrogens with zero attached hydrogens (tertiary/aromatic N) is 2. The van der Waals surface area contributed by atoms with Crippen molar-refractivity contribution in [2.24, 2.45) is 5.92 Å². The first kappa shape index (κ1) is 21.8. The van der Waals surface area contributed by atoms with Gasteiger partial charge in [-0.2, -0.15) is 4.31 Å². The molecular weight excluding hydrogens is 438 g/mol. The van der Waals surface area contributed by atoms with E-state index in [1.807, 2.05) is 17.5 Å². The van der Waals surface area contributed by atoms with Gasteiger partial charge in [0.05, 0.1) is 17.1 Å². The molecule has 0 radical (unpaired) electrons. The summed E-state index contributed by atoms with van der Waals surface area (Å²) in [5.74, 6) is 0.175. The molecule has 3 heterocycles. The molecule has 1 aromatic carbocycles. The molecule has 31 heavy (non-hydrogen) atoms. The van der Waals surface area contributed by atoms with E-state index in [0.29, 0.717) is 37.0 Å². The van der Waals surface area contributed by atoms with Crippen LogP contribution >= 0.6 is 11.3 Å². The summed E-state index contributed by atoms with van der Waals surface area (Å²) in [6.45, 7) is 3.05. The van der Waals surface area contributed by atoms with Crippen LogP contribution in [-0.4, -0.2) is 50.8 Å². The van der Waals surface area contributed by atoms with Crippen LogP contribution in [0.25, 0.3) is 0 Å². The van der Waals surface area contributed by atoms with Crippen LogP contribution in [-0.2, 0) is 26.2 Å². The van der Waals surface area contributed by atoms with E-state index in [9.17, 15) is 18.0 Å². The van der Waals surface area contributed by atoms with Crippen LogP contribution in [0, 0.1) is 5.92 Å². The Hall–Kier alpha value is -2.43. The number of piperidine rings is 1. The van der Waals surface area contributed by atoms with E-state index >= 15 is 0 Å². The van der Waals surface area contributed by atoms with Crippen LogP contribution in [0.5, 0.6) is 5.75 Å². The summed E-state index contributed by atoms with van der Waals surface area (Å²) in [5.41, 5.74) is 0.300. The lowest BCUT2D eigenvalue weighted by Crippen LogP contribution is -2.45. The van der Waals surface area contributed by atoms with Crippen molar-refractivity contribution in [3.63, 3.8) is 0 Å². The number of ether oxygens (including phenoxy) is 1. The van der Waals surface area contributed by atoms with Crippen molar-refractivity contribution in [1.82, 2.24) is 9.62 Å². The molecule has 0 saturated carbocycles. The molecule has 2 aliphatic heterocycles. The third-order valence-corrected chi connectivity index (χ3v) is 8.37. The number of hydrogen-bond acceptors (Lipinski definition) is 6. The molecule has 0 unspecified atom stereocenters. The quantitative estimate of drug-likeness (QED) is 0.709. The number of rotatable bonds is 6. The van der Waals surface area contributed by atoms with Gasteiger partial charge in [-0.25, -0.2) is 8.42 Å². The van der Waals surface area contributed by atoms with Gasteiger partial charge >= 0.3 is 0 Å². The Morgan fingerprint density at radius 3 is 2.74 bits per heavy atom. The third kappa shape index (κ3) is 4.76. The fraction of sp³-hybridized carbons (Fsp3) is 0.429. The summed E-state index contributed by atoms with van der Waals surface area (Å²) >= 11 is 1.53. The number of benzene rings is 1. The zero-order chi connectivity index (χ0) is 22.0. The molecule has 166 valence electrons. The van der Waals surface area contributed by atoms with Crippen LogP contribution in [0.15, 0.2) is 40.6 Å². The van der Waals surface area contributed by atoms with Crippen molar-refractivity contribution >= 4 is 38.9 Å². The van der Waals surface area contributed by atoms with Gasteiger partial charge in [-0.05, 0) is 48.4 Å². The fourth-order valence-electron chi connectivity index (χ4n) is 3.69. The summed E-state index contributed by atoms with van der Waals surface area (Å²) in [6, 6.07) is 8.30. The summed E-state index contributed by atoms with van der Waals surface area (Å²) in [6.07, 6.45) is 1.64. The van der Waals surface area contributed by atoms with Crippen molar-refractivity contribution in [1.29, 1.82) is 0 Å². The van der Waals surface area contributed by atoms with Crippen LogP contribution in [0.3, 0.4) is 0 Å². The minimum Gasteiger partial charge on any atom is -0.482 e. The zero-order valence-electron chi connectivity index (χ0n) is 17.2. The zero-order valence-corrected chi connectivity index (χ0v) is 18.9. The number of anilines is 1. The van der Waals surface area contributed by atoms with Gasteiger partial charge in [0.15, 0.2) is 6.61 Å². The molecule has 0 bridgehead atoms. The van der Waals surface area contributed by atoms with E-state index < -0.39 is 10.0 Å². The second kappa shape index (κ2) is 8.97. The number of hydrogen-bond donors (Lipinski definition) is 1. The standard InChI is InChI=1S/C21H25N3O5S2/c1-15-6-8-23(9-7-15)31(27,28)17-4-5-19-18(11-17)24(21(26)14-29-19)13-20(25)22-12-16-3-2-10-30-16/h2-5,10-11,15H,6-9,12-14H2,1H3,(H,22,25). The predicted molar refractivity (Wildman–Crippen MR) is 118 cm³/mol. The Bertz CT molecular complexity index is 1060. The summed E-state index contributed by atoms with van der Waals surface area (Å²) in [5, 5.41) is 4.72. The topological polar surface area (TPSA) is 96.0 Å². The van der Waals surface area contributed by atoms with Gasteiger partial charge in [0.1, 0.15) is 12.3 Å². The van der Waals surface area contributed by atoms with Gasteiger partial charge in [-0.15, -0.1) is 11.3 Å². The number of nitrogens with one attached hydrogen (secondary N) is 1. The molecular formula is C21H25N3O5S2. The molecule has 1 saturated heterocycles. The van der Waals surface area contributed by atoms with E-state index in [1.165, 1.54) is 32.7 Å². The van der Waals surface area contributed by atoms with Crippen molar-refractivity contribution < 1.29 is 22.7 Å². The molecule has 4 rings (SSSR count). The SMILES string of the molecule is CC1CCN(S(=O)(=O)c2ccc3c(c2)N(CC(=O)NCc2cccs2)C(=O)CO3)CC1. The first-order chi connectivity index (χ1) is 14.8. The minimum absolute atomic E-state index is 0.100. The van der Waals surface area contributed by atoms with Crippen LogP contribution in [0.4, 0.5) is 5.69 Å². The normalized spacial score (nSPS) is 17.8. The average molecular weight is 464 g/mol. The van der Waals surface area contributed by atoms with Crippen molar-refractivity contribution in [3.05, 3.63) is 40.6 Å².